The highest BCUT2D eigenvalue weighted by Crippen LogP contribution is 2.22. The van der Waals surface area contributed by atoms with Crippen molar-refractivity contribution in [3.05, 3.63) is 59.9 Å². The molecule has 1 amide bonds. The fourth-order valence-corrected chi connectivity index (χ4v) is 2.14. The van der Waals surface area contributed by atoms with Gasteiger partial charge in [-0.3, -0.25) is 9.59 Å². The quantitative estimate of drug-likeness (QED) is 0.858. The predicted molar refractivity (Wildman–Crippen MR) is 83.0 cm³/mol. The number of carboxylic acid groups (broad SMARTS) is 1. The van der Waals surface area contributed by atoms with E-state index in [1.54, 1.807) is 24.3 Å². The number of nitrogens with one attached hydrogen (secondary N) is 1. The number of ether oxygens (including phenoxy) is 1. The van der Waals surface area contributed by atoms with Gasteiger partial charge >= 0.3 is 5.97 Å². The van der Waals surface area contributed by atoms with Gasteiger partial charge < -0.3 is 15.2 Å². The monoisotopic (exact) mass is 317 g/mol. The maximum absolute atomic E-state index is 12.9. The Morgan fingerprint density at radius 3 is 2.52 bits per heavy atom. The average Bonchev–Trinajstić information content (AvgIpc) is 2.53. The van der Waals surface area contributed by atoms with Crippen LogP contribution in [0, 0.1) is 5.82 Å². The third-order valence-electron chi connectivity index (χ3n) is 3.31. The van der Waals surface area contributed by atoms with Crippen molar-refractivity contribution in [1.82, 2.24) is 0 Å². The van der Waals surface area contributed by atoms with Crippen LogP contribution < -0.4 is 10.1 Å². The molecule has 5 nitrogen and oxygen atoms in total. The van der Waals surface area contributed by atoms with Crippen molar-refractivity contribution in [2.24, 2.45) is 0 Å². The van der Waals surface area contributed by atoms with E-state index in [2.05, 4.69) is 5.32 Å². The van der Waals surface area contributed by atoms with Gasteiger partial charge in [0.1, 0.15) is 11.6 Å². The van der Waals surface area contributed by atoms with Gasteiger partial charge in [0.25, 0.3) is 0 Å². The molecule has 0 saturated carbocycles. The van der Waals surface area contributed by atoms with Gasteiger partial charge in [-0.2, -0.15) is 0 Å². The molecule has 0 aliphatic rings. The molecule has 2 N–H and O–H groups in total. The average molecular weight is 317 g/mol. The van der Waals surface area contributed by atoms with Crippen LogP contribution in [0.1, 0.15) is 17.9 Å². The van der Waals surface area contributed by atoms with E-state index in [-0.39, 0.29) is 6.42 Å². The fraction of sp³-hybridized carbons (Fsp3) is 0.176. The summed E-state index contributed by atoms with van der Waals surface area (Å²) < 4.78 is 18.0. The van der Waals surface area contributed by atoms with Gasteiger partial charge in [-0.1, -0.05) is 18.2 Å². The number of carboxylic acids is 1. The molecule has 0 bridgehead atoms. The molecule has 0 aliphatic heterocycles. The third kappa shape index (κ3) is 4.54. The second kappa shape index (κ2) is 7.40. The van der Waals surface area contributed by atoms with Crippen LogP contribution in [0.5, 0.6) is 5.75 Å². The zero-order chi connectivity index (χ0) is 16.8. The summed E-state index contributed by atoms with van der Waals surface area (Å²) in [6, 6.07) is 11.8. The number of rotatable bonds is 6. The summed E-state index contributed by atoms with van der Waals surface area (Å²) in [5.41, 5.74) is 0.886. The van der Waals surface area contributed by atoms with Crippen molar-refractivity contribution in [2.75, 3.05) is 12.4 Å². The lowest BCUT2D eigenvalue weighted by Gasteiger charge is -2.13. The second-order valence-electron chi connectivity index (χ2n) is 4.93. The SMILES string of the molecule is COc1cccc(NC(=O)CC(C(=O)O)c2ccc(F)cc2)c1. The Morgan fingerprint density at radius 1 is 1.22 bits per heavy atom. The minimum atomic E-state index is -1.14. The van der Waals surface area contributed by atoms with Crippen molar-refractivity contribution in [3.63, 3.8) is 0 Å². The number of hydrogen-bond donors (Lipinski definition) is 2. The number of carbonyl (C=O) groups excluding carboxylic acids is 1. The highest BCUT2D eigenvalue weighted by atomic mass is 19.1. The molecule has 0 radical (unpaired) electrons. The lowest BCUT2D eigenvalue weighted by Crippen LogP contribution is -2.20. The molecule has 2 aromatic rings. The van der Waals surface area contributed by atoms with E-state index in [0.29, 0.717) is 17.0 Å². The molecule has 0 aliphatic carbocycles. The summed E-state index contributed by atoms with van der Waals surface area (Å²) in [6.45, 7) is 0. The first kappa shape index (κ1) is 16.5. The molecule has 1 unspecified atom stereocenters. The smallest absolute Gasteiger partial charge is 0.311 e. The molecule has 2 aromatic carbocycles. The normalized spacial score (nSPS) is 11.6. The van der Waals surface area contributed by atoms with E-state index < -0.39 is 23.6 Å². The number of hydrogen-bond acceptors (Lipinski definition) is 3. The van der Waals surface area contributed by atoms with Crippen LogP contribution in [0.2, 0.25) is 0 Å². The Bertz CT molecular complexity index is 700. The predicted octanol–water partition coefficient (Wildman–Crippen LogP) is 3.03. The van der Waals surface area contributed by atoms with Crippen molar-refractivity contribution in [3.8, 4) is 5.75 Å². The Hall–Kier alpha value is -2.89. The molecular formula is C17H16FNO4. The number of benzene rings is 2. The molecular weight excluding hydrogens is 301 g/mol. The Morgan fingerprint density at radius 2 is 1.91 bits per heavy atom. The summed E-state index contributed by atoms with van der Waals surface area (Å²) in [5.74, 6) is -2.51. The van der Waals surface area contributed by atoms with Crippen LogP contribution in [-0.4, -0.2) is 24.1 Å². The maximum Gasteiger partial charge on any atom is 0.311 e. The summed E-state index contributed by atoms with van der Waals surface area (Å²) >= 11 is 0. The van der Waals surface area contributed by atoms with Gasteiger partial charge in [0, 0.05) is 18.2 Å². The van der Waals surface area contributed by atoms with E-state index in [1.165, 1.54) is 31.4 Å². The van der Waals surface area contributed by atoms with Gasteiger partial charge in [0.2, 0.25) is 5.91 Å². The highest BCUT2D eigenvalue weighted by Gasteiger charge is 2.23. The standard InChI is InChI=1S/C17H16FNO4/c1-23-14-4-2-3-13(9-14)19-16(20)10-15(17(21)22)11-5-7-12(18)8-6-11/h2-9,15H,10H2,1H3,(H,19,20)(H,21,22). The van der Waals surface area contributed by atoms with E-state index in [0.717, 1.165) is 0 Å². The number of carbonyl (C=O) groups is 2. The lowest BCUT2D eigenvalue weighted by molar-refractivity contribution is -0.140. The Labute approximate surface area is 132 Å². The molecule has 2 rings (SSSR count). The number of amides is 1. The van der Waals surface area contributed by atoms with Gasteiger partial charge in [0.05, 0.1) is 13.0 Å². The van der Waals surface area contributed by atoms with Gasteiger partial charge in [-0.05, 0) is 29.8 Å². The molecule has 0 fully saturated rings. The summed E-state index contributed by atoms with van der Waals surface area (Å²) in [5, 5.41) is 11.9. The molecule has 0 heterocycles. The highest BCUT2D eigenvalue weighted by molar-refractivity contribution is 5.94. The van der Waals surface area contributed by atoms with Crippen LogP contribution >= 0.6 is 0 Å². The van der Waals surface area contributed by atoms with E-state index in [9.17, 15) is 19.1 Å². The van der Waals surface area contributed by atoms with Crippen molar-refractivity contribution in [2.45, 2.75) is 12.3 Å². The van der Waals surface area contributed by atoms with Crippen LogP contribution in [0.25, 0.3) is 0 Å². The molecule has 0 saturated heterocycles. The number of methoxy groups -OCH3 is 1. The fourth-order valence-electron chi connectivity index (χ4n) is 2.14. The van der Waals surface area contributed by atoms with E-state index in [1.807, 2.05) is 0 Å². The number of halogens is 1. The van der Waals surface area contributed by atoms with Gasteiger partial charge in [-0.25, -0.2) is 4.39 Å². The van der Waals surface area contributed by atoms with E-state index >= 15 is 0 Å². The third-order valence-corrected chi connectivity index (χ3v) is 3.31. The van der Waals surface area contributed by atoms with Gasteiger partial charge in [-0.15, -0.1) is 0 Å². The maximum atomic E-state index is 12.9. The largest absolute Gasteiger partial charge is 0.497 e. The van der Waals surface area contributed by atoms with Crippen molar-refractivity contribution >= 4 is 17.6 Å². The van der Waals surface area contributed by atoms with Crippen molar-refractivity contribution in [1.29, 1.82) is 0 Å². The van der Waals surface area contributed by atoms with Crippen LogP contribution in [0.3, 0.4) is 0 Å². The molecule has 23 heavy (non-hydrogen) atoms. The number of anilines is 1. The van der Waals surface area contributed by atoms with Crippen LogP contribution in [0.4, 0.5) is 10.1 Å². The summed E-state index contributed by atoms with van der Waals surface area (Å²) in [6.07, 6.45) is -0.252. The molecule has 6 heteroatoms. The van der Waals surface area contributed by atoms with E-state index in [4.69, 9.17) is 4.74 Å². The molecule has 0 aromatic heterocycles. The minimum Gasteiger partial charge on any atom is -0.497 e. The topological polar surface area (TPSA) is 75.6 Å². The summed E-state index contributed by atoms with van der Waals surface area (Å²) in [7, 11) is 1.51. The Balaban J connectivity index is 2.09. The van der Waals surface area contributed by atoms with Crippen LogP contribution in [0.15, 0.2) is 48.5 Å². The van der Waals surface area contributed by atoms with Crippen LogP contribution in [-0.2, 0) is 9.59 Å². The number of aliphatic carboxylic acids is 1. The Kier molecular flexibility index (Phi) is 5.30. The molecule has 120 valence electrons. The van der Waals surface area contributed by atoms with Gasteiger partial charge in [0.15, 0.2) is 0 Å². The lowest BCUT2D eigenvalue weighted by atomic mass is 9.95. The summed E-state index contributed by atoms with van der Waals surface area (Å²) in [4.78, 5) is 23.5. The van der Waals surface area contributed by atoms with Crippen molar-refractivity contribution < 1.29 is 23.8 Å². The zero-order valence-corrected chi connectivity index (χ0v) is 12.5. The minimum absolute atomic E-state index is 0.252. The molecule has 1 atom stereocenters. The second-order valence-corrected chi connectivity index (χ2v) is 4.93. The first-order chi connectivity index (χ1) is 11.0. The first-order valence-electron chi connectivity index (χ1n) is 6.92. The zero-order valence-electron chi connectivity index (χ0n) is 12.5. The molecule has 0 spiro atoms. The first-order valence-corrected chi connectivity index (χ1v) is 6.92.